The summed E-state index contributed by atoms with van der Waals surface area (Å²) >= 11 is 0. The van der Waals surface area contributed by atoms with Gasteiger partial charge in [-0.05, 0) is 25.1 Å². The van der Waals surface area contributed by atoms with Gasteiger partial charge in [-0.1, -0.05) is 0 Å². The number of anilines is 1. The summed E-state index contributed by atoms with van der Waals surface area (Å²) in [5, 5.41) is 8.56. The molecule has 0 atom stereocenters. The number of nitriles is 1. The molecule has 1 rings (SSSR count). The molecule has 0 saturated heterocycles. The van der Waals surface area contributed by atoms with E-state index >= 15 is 0 Å². The average molecular weight is 240 g/mol. The van der Waals surface area contributed by atoms with E-state index in [1.807, 2.05) is 0 Å². The van der Waals surface area contributed by atoms with Gasteiger partial charge >= 0.3 is 11.9 Å². The van der Waals surface area contributed by atoms with E-state index in [2.05, 4.69) is 4.74 Å². The molecular formula is C11H10F2N2O2. The van der Waals surface area contributed by atoms with Gasteiger partial charge in [0.1, 0.15) is 0 Å². The van der Waals surface area contributed by atoms with E-state index in [1.165, 1.54) is 13.0 Å². The lowest BCUT2D eigenvalue weighted by atomic mass is 10.0. The zero-order chi connectivity index (χ0) is 13.1. The molecule has 4 nitrogen and oxygen atoms in total. The van der Waals surface area contributed by atoms with E-state index < -0.39 is 17.5 Å². The number of hydrogen-bond acceptors (Lipinski definition) is 4. The van der Waals surface area contributed by atoms with Crippen molar-refractivity contribution in [3.8, 4) is 6.07 Å². The minimum absolute atomic E-state index is 0.144. The molecule has 0 heterocycles. The number of alkyl halides is 2. The smallest absolute Gasteiger partial charge is 0.382 e. The van der Waals surface area contributed by atoms with Crippen molar-refractivity contribution in [1.82, 2.24) is 0 Å². The van der Waals surface area contributed by atoms with Crippen molar-refractivity contribution in [1.29, 1.82) is 5.26 Å². The van der Waals surface area contributed by atoms with Crippen LogP contribution in [0.25, 0.3) is 0 Å². The first kappa shape index (κ1) is 12.9. The van der Waals surface area contributed by atoms with Crippen LogP contribution in [0.1, 0.15) is 18.1 Å². The van der Waals surface area contributed by atoms with Gasteiger partial charge in [-0.3, -0.25) is 0 Å². The van der Waals surface area contributed by atoms with Gasteiger partial charge in [-0.25, -0.2) is 4.79 Å². The Hall–Kier alpha value is -2.16. The molecule has 90 valence electrons. The number of carbonyl (C=O) groups is 1. The summed E-state index contributed by atoms with van der Waals surface area (Å²) in [6.45, 7) is 1.28. The molecule has 6 heteroatoms. The quantitative estimate of drug-likeness (QED) is 0.645. The highest BCUT2D eigenvalue weighted by atomic mass is 19.3. The number of ether oxygens (including phenoxy) is 1. The molecule has 0 aliphatic rings. The topological polar surface area (TPSA) is 76.1 Å². The van der Waals surface area contributed by atoms with Crippen molar-refractivity contribution in [3.05, 3.63) is 29.3 Å². The maximum Gasteiger partial charge on any atom is 0.382 e. The van der Waals surface area contributed by atoms with Crippen LogP contribution in [0.5, 0.6) is 0 Å². The van der Waals surface area contributed by atoms with Gasteiger partial charge in [-0.2, -0.15) is 14.0 Å². The van der Waals surface area contributed by atoms with Gasteiger partial charge in [-0.15, -0.1) is 0 Å². The normalized spacial score (nSPS) is 10.7. The van der Waals surface area contributed by atoms with Gasteiger partial charge < -0.3 is 10.5 Å². The molecule has 0 fully saturated rings. The summed E-state index contributed by atoms with van der Waals surface area (Å²) in [5.41, 5.74) is 4.55. The number of esters is 1. The fourth-order valence-corrected chi connectivity index (χ4v) is 1.25. The Morgan fingerprint density at radius 2 is 2.24 bits per heavy atom. The summed E-state index contributed by atoms with van der Waals surface area (Å²) in [4.78, 5) is 11.1. The molecule has 1 aromatic carbocycles. The molecule has 0 aliphatic carbocycles. The Morgan fingerprint density at radius 3 is 2.71 bits per heavy atom. The zero-order valence-corrected chi connectivity index (χ0v) is 9.04. The molecule has 0 bridgehead atoms. The third-order valence-electron chi connectivity index (χ3n) is 2.05. The van der Waals surface area contributed by atoms with Crippen molar-refractivity contribution in [3.63, 3.8) is 0 Å². The van der Waals surface area contributed by atoms with Crippen LogP contribution in [0, 0.1) is 11.3 Å². The van der Waals surface area contributed by atoms with E-state index in [9.17, 15) is 13.6 Å². The van der Waals surface area contributed by atoms with Crippen LogP contribution < -0.4 is 5.73 Å². The molecule has 0 unspecified atom stereocenters. The van der Waals surface area contributed by atoms with Crippen molar-refractivity contribution in [2.45, 2.75) is 12.8 Å². The predicted octanol–water partition coefficient (Wildman–Crippen LogP) is 1.80. The van der Waals surface area contributed by atoms with Crippen molar-refractivity contribution in [2.24, 2.45) is 0 Å². The van der Waals surface area contributed by atoms with E-state index in [4.69, 9.17) is 11.0 Å². The highest BCUT2D eigenvalue weighted by molar-refractivity contribution is 5.81. The third kappa shape index (κ3) is 2.50. The SMILES string of the molecule is CCOC(=O)C(F)(F)c1ccc(C#N)cc1N. The fourth-order valence-electron chi connectivity index (χ4n) is 1.25. The van der Waals surface area contributed by atoms with Crippen LogP contribution in [0.4, 0.5) is 14.5 Å². The highest BCUT2D eigenvalue weighted by Gasteiger charge is 2.44. The molecule has 0 saturated carbocycles. The summed E-state index contributed by atoms with van der Waals surface area (Å²) in [7, 11) is 0. The monoisotopic (exact) mass is 240 g/mol. The largest absolute Gasteiger partial charge is 0.461 e. The predicted molar refractivity (Wildman–Crippen MR) is 56.1 cm³/mol. The minimum atomic E-state index is -3.81. The molecule has 1 aromatic rings. The molecule has 0 aromatic heterocycles. The Labute approximate surface area is 96.6 Å². The number of benzene rings is 1. The number of nitrogen functional groups attached to an aromatic ring is 1. The van der Waals surface area contributed by atoms with Crippen LogP contribution in [0.3, 0.4) is 0 Å². The number of nitrogens with zero attached hydrogens (tertiary/aromatic N) is 1. The van der Waals surface area contributed by atoms with Gasteiger partial charge in [0.05, 0.1) is 23.8 Å². The Balaban J connectivity index is 3.16. The van der Waals surface area contributed by atoms with Crippen molar-refractivity contribution in [2.75, 3.05) is 12.3 Å². The van der Waals surface area contributed by atoms with E-state index in [0.29, 0.717) is 0 Å². The second kappa shape index (κ2) is 4.78. The molecule has 0 amide bonds. The zero-order valence-electron chi connectivity index (χ0n) is 9.04. The van der Waals surface area contributed by atoms with Crippen molar-refractivity contribution >= 4 is 11.7 Å². The molecule has 2 N–H and O–H groups in total. The first-order chi connectivity index (χ1) is 7.93. The van der Waals surface area contributed by atoms with Gasteiger partial charge in [0.2, 0.25) is 0 Å². The van der Waals surface area contributed by atoms with Gasteiger partial charge in [0.25, 0.3) is 0 Å². The number of nitrogens with two attached hydrogens (primary N) is 1. The fraction of sp³-hybridized carbons (Fsp3) is 0.273. The Morgan fingerprint density at radius 1 is 1.59 bits per heavy atom. The van der Waals surface area contributed by atoms with Crippen LogP contribution in [0.15, 0.2) is 18.2 Å². The van der Waals surface area contributed by atoms with E-state index in [-0.39, 0.29) is 17.9 Å². The summed E-state index contributed by atoms with van der Waals surface area (Å²) in [6.07, 6.45) is 0. The van der Waals surface area contributed by atoms with Crippen LogP contribution in [0.2, 0.25) is 0 Å². The lowest BCUT2D eigenvalue weighted by Crippen LogP contribution is -2.29. The highest BCUT2D eigenvalue weighted by Crippen LogP contribution is 2.33. The summed E-state index contributed by atoms with van der Waals surface area (Å²) < 4.78 is 31.5. The number of hydrogen-bond donors (Lipinski definition) is 1. The first-order valence-corrected chi connectivity index (χ1v) is 4.78. The third-order valence-corrected chi connectivity index (χ3v) is 2.05. The number of halogens is 2. The maximum atomic E-state index is 13.6. The lowest BCUT2D eigenvalue weighted by Gasteiger charge is -2.16. The molecular weight excluding hydrogens is 230 g/mol. The van der Waals surface area contributed by atoms with Crippen LogP contribution in [-0.2, 0) is 15.5 Å². The molecule has 0 radical (unpaired) electrons. The number of carbonyl (C=O) groups excluding carboxylic acids is 1. The second-order valence-electron chi connectivity index (χ2n) is 3.21. The van der Waals surface area contributed by atoms with Crippen molar-refractivity contribution < 1.29 is 18.3 Å². The molecule has 17 heavy (non-hydrogen) atoms. The first-order valence-electron chi connectivity index (χ1n) is 4.78. The van der Waals surface area contributed by atoms with E-state index in [1.54, 1.807) is 6.07 Å². The standard InChI is InChI=1S/C11H10F2N2O2/c1-2-17-10(16)11(12,13)8-4-3-7(6-14)5-9(8)15/h3-5H,2,15H2,1H3. The second-order valence-corrected chi connectivity index (χ2v) is 3.21. The minimum Gasteiger partial charge on any atom is -0.461 e. The maximum absolute atomic E-state index is 13.6. The summed E-state index contributed by atoms with van der Waals surface area (Å²) in [5.74, 6) is -5.47. The lowest BCUT2D eigenvalue weighted by molar-refractivity contribution is -0.173. The molecule has 0 aliphatic heterocycles. The van der Waals surface area contributed by atoms with Gasteiger partial charge in [0.15, 0.2) is 0 Å². The Bertz CT molecular complexity index is 481. The molecule has 0 spiro atoms. The van der Waals surface area contributed by atoms with Gasteiger partial charge in [0, 0.05) is 5.69 Å². The van der Waals surface area contributed by atoms with Crippen LogP contribution >= 0.6 is 0 Å². The average Bonchev–Trinajstić information content (AvgIpc) is 2.28. The van der Waals surface area contributed by atoms with Crippen LogP contribution in [-0.4, -0.2) is 12.6 Å². The number of rotatable bonds is 3. The Kier molecular flexibility index (Phi) is 3.63. The summed E-state index contributed by atoms with van der Waals surface area (Å²) in [6, 6.07) is 4.96. The van der Waals surface area contributed by atoms with E-state index in [0.717, 1.165) is 12.1 Å².